The molecule has 0 radical (unpaired) electrons. The number of nitrogens with zero attached hydrogens (tertiary/aromatic N) is 2. The van der Waals surface area contributed by atoms with E-state index in [4.69, 9.17) is 14.6 Å². The van der Waals surface area contributed by atoms with Gasteiger partial charge in [0.05, 0.1) is 7.11 Å². The molecule has 9 nitrogen and oxygen atoms in total. The molecular formula is C17H18N2O7. The van der Waals surface area contributed by atoms with Crippen molar-refractivity contribution in [3.05, 3.63) is 29.3 Å². The van der Waals surface area contributed by atoms with Crippen LogP contribution < -0.4 is 9.47 Å². The summed E-state index contributed by atoms with van der Waals surface area (Å²) in [6.45, 7) is 1.34. The predicted molar refractivity (Wildman–Crippen MR) is 89.6 cm³/mol. The Hall–Kier alpha value is -3.36. The number of carbonyl (C=O) groups is 4. The number of carboxylic acid groups (broad SMARTS) is 1. The molecule has 0 aromatic heterocycles. The highest BCUT2D eigenvalue weighted by molar-refractivity contribution is 6.30. The number of methoxy groups -OCH3 is 1. The van der Waals surface area contributed by atoms with Crippen LogP contribution in [0.5, 0.6) is 11.5 Å². The summed E-state index contributed by atoms with van der Waals surface area (Å²) in [5.41, 5.74) is 0.0148. The molecule has 1 aromatic carbocycles. The summed E-state index contributed by atoms with van der Waals surface area (Å²) in [7, 11) is 3.90. The quantitative estimate of drug-likeness (QED) is 0.613. The van der Waals surface area contributed by atoms with E-state index in [1.807, 2.05) is 0 Å². The van der Waals surface area contributed by atoms with Gasteiger partial charge in [-0.15, -0.1) is 0 Å². The van der Waals surface area contributed by atoms with Gasteiger partial charge < -0.3 is 14.6 Å². The number of likely N-dealkylation sites (N-methyl/N-ethyl adjacent to an activating group) is 2. The van der Waals surface area contributed by atoms with Crippen LogP contribution in [0, 0.1) is 0 Å². The maximum Gasteiger partial charge on any atom is 0.344 e. The van der Waals surface area contributed by atoms with Gasteiger partial charge in [0.15, 0.2) is 17.6 Å². The molecular weight excluding hydrogens is 344 g/mol. The molecule has 138 valence electrons. The molecule has 1 heterocycles. The Morgan fingerprint density at radius 2 is 1.73 bits per heavy atom. The van der Waals surface area contributed by atoms with Crippen molar-refractivity contribution in [2.45, 2.75) is 13.0 Å². The summed E-state index contributed by atoms with van der Waals surface area (Å²) in [5.74, 6) is -2.41. The molecule has 2 rings (SSSR count). The number of amides is 4. The topological polar surface area (TPSA) is 113 Å². The summed E-state index contributed by atoms with van der Waals surface area (Å²) in [5, 5.41) is 9.06. The van der Waals surface area contributed by atoms with Gasteiger partial charge in [-0.05, 0) is 19.1 Å². The zero-order valence-electron chi connectivity index (χ0n) is 14.7. The number of imide groups is 2. The zero-order chi connectivity index (χ0) is 19.6. The minimum Gasteiger partial charge on any atom is -0.493 e. The molecule has 9 heteroatoms. The van der Waals surface area contributed by atoms with Crippen LogP contribution in [0.1, 0.15) is 12.5 Å². The number of ether oxygens (including phenoxy) is 2. The SMILES string of the molecule is COc1cccc(C=C2C(=O)N(C)C(=O)N(C)C2=O)c1O[C@H](C)C(=O)O. The molecule has 4 amide bonds. The second kappa shape index (κ2) is 7.26. The molecule has 1 aliphatic rings. The molecule has 26 heavy (non-hydrogen) atoms. The maximum atomic E-state index is 12.3. The van der Waals surface area contributed by atoms with Crippen molar-refractivity contribution in [1.29, 1.82) is 0 Å². The number of carbonyl (C=O) groups excluding carboxylic acids is 3. The Bertz CT molecular complexity index is 789. The molecule has 0 saturated carbocycles. The van der Waals surface area contributed by atoms with E-state index in [1.54, 1.807) is 12.1 Å². The highest BCUT2D eigenvalue weighted by Crippen LogP contribution is 2.34. The first kappa shape index (κ1) is 19.0. The number of hydrogen-bond acceptors (Lipinski definition) is 6. The van der Waals surface area contributed by atoms with E-state index < -0.39 is 29.9 Å². The van der Waals surface area contributed by atoms with Crippen molar-refractivity contribution in [2.24, 2.45) is 0 Å². The molecule has 1 N–H and O–H groups in total. The average molecular weight is 362 g/mol. The van der Waals surface area contributed by atoms with E-state index in [9.17, 15) is 19.2 Å². The van der Waals surface area contributed by atoms with Gasteiger partial charge >= 0.3 is 12.0 Å². The van der Waals surface area contributed by atoms with Gasteiger partial charge in [0, 0.05) is 19.7 Å². The lowest BCUT2D eigenvalue weighted by Crippen LogP contribution is -2.52. The molecule has 0 aliphatic carbocycles. The van der Waals surface area contributed by atoms with Crippen LogP contribution in [0.2, 0.25) is 0 Å². The Kier molecular flexibility index (Phi) is 5.30. The second-order valence-electron chi connectivity index (χ2n) is 5.55. The highest BCUT2D eigenvalue weighted by atomic mass is 16.5. The average Bonchev–Trinajstić information content (AvgIpc) is 2.62. The lowest BCUT2D eigenvalue weighted by molar-refractivity contribution is -0.144. The fourth-order valence-corrected chi connectivity index (χ4v) is 2.29. The first-order valence-electron chi connectivity index (χ1n) is 7.57. The van der Waals surface area contributed by atoms with Crippen LogP contribution in [-0.2, 0) is 14.4 Å². The maximum absolute atomic E-state index is 12.3. The van der Waals surface area contributed by atoms with E-state index in [2.05, 4.69) is 0 Å². The smallest absolute Gasteiger partial charge is 0.344 e. The standard InChI is InChI=1S/C17H18N2O7/c1-9(16(22)23)26-13-10(6-5-7-12(13)25-4)8-11-14(20)18(2)17(24)19(3)15(11)21/h5-9H,1-4H3,(H,22,23)/t9-/m1/s1. The van der Waals surface area contributed by atoms with Crippen molar-refractivity contribution in [1.82, 2.24) is 9.80 Å². The van der Waals surface area contributed by atoms with Gasteiger partial charge in [0.1, 0.15) is 5.57 Å². The molecule has 0 unspecified atom stereocenters. The zero-order valence-corrected chi connectivity index (χ0v) is 14.7. The van der Waals surface area contributed by atoms with Gasteiger partial charge in [0.25, 0.3) is 11.8 Å². The van der Waals surface area contributed by atoms with Crippen LogP contribution in [0.25, 0.3) is 6.08 Å². The number of carboxylic acids is 1. The van der Waals surface area contributed by atoms with E-state index >= 15 is 0 Å². The van der Waals surface area contributed by atoms with Crippen LogP contribution in [0.15, 0.2) is 23.8 Å². The van der Waals surface area contributed by atoms with Gasteiger partial charge in [0.2, 0.25) is 0 Å². The van der Waals surface area contributed by atoms with Crippen molar-refractivity contribution < 1.29 is 33.8 Å². The van der Waals surface area contributed by atoms with Crippen LogP contribution in [0.3, 0.4) is 0 Å². The molecule has 1 aromatic rings. The number of aliphatic carboxylic acids is 1. The second-order valence-corrected chi connectivity index (χ2v) is 5.55. The number of benzene rings is 1. The third-order valence-corrected chi connectivity index (χ3v) is 3.82. The highest BCUT2D eigenvalue weighted by Gasteiger charge is 2.38. The Labute approximate surface area is 149 Å². The number of urea groups is 1. The molecule has 1 saturated heterocycles. The fraction of sp³-hybridized carbons (Fsp3) is 0.294. The Morgan fingerprint density at radius 1 is 1.15 bits per heavy atom. The largest absolute Gasteiger partial charge is 0.493 e. The summed E-state index contributed by atoms with van der Waals surface area (Å²) in [6.07, 6.45) is 0.0596. The molecule has 1 fully saturated rings. The van der Waals surface area contributed by atoms with Gasteiger partial charge in [-0.2, -0.15) is 0 Å². The minimum absolute atomic E-state index is 0.0696. The third-order valence-electron chi connectivity index (χ3n) is 3.82. The van der Waals surface area contributed by atoms with E-state index in [0.29, 0.717) is 0 Å². The van der Waals surface area contributed by atoms with Crippen LogP contribution in [-0.4, -0.2) is 66.0 Å². The van der Waals surface area contributed by atoms with Crippen LogP contribution in [0.4, 0.5) is 4.79 Å². The Balaban J connectivity index is 2.55. The predicted octanol–water partition coefficient (Wildman–Crippen LogP) is 0.981. The third kappa shape index (κ3) is 3.37. The lowest BCUT2D eigenvalue weighted by atomic mass is 10.1. The number of hydrogen-bond donors (Lipinski definition) is 1. The summed E-state index contributed by atoms with van der Waals surface area (Å²) in [4.78, 5) is 49.2. The van der Waals surface area contributed by atoms with E-state index in [-0.39, 0.29) is 22.6 Å². The van der Waals surface area contributed by atoms with Crippen molar-refractivity contribution >= 4 is 29.9 Å². The molecule has 0 spiro atoms. The summed E-state index contributed by atoms with van der Waals surface area (Å²) >= 11 is 0. The van der Waals surface area contributed by atoms with Crippen LogP contribution >= 0.6 is 0 Å². The van der Waals surface area contributed by atoms with Gasteiger partial charge in [-0.3, -0.25) is 19.4 Å². The van der Waals surface area contributed by atoms with Crippen molar-refractivity contribution in [2.75, 3.05) is 21.2 Å². The Morgan fingerprint density at radius 3 is 2.23 bits per heavy atom. The lowest BCUT2D eigenvalue weighted by Gasteiger charge is -2.29. The molecule has 1 aliphatic heterocycles. The van der Waals surface area contributed by atoms with E-state index in [1.165, 1.54) is 40.3 Å². The van der Waals surface area contributed by atoms with Gasteiger partial charge in [-0.1, -0.05) is 12.1 Å². The monoisotopic (exact) mass is 362 g/mol. The number of rotatable bonds is 5. The van der Waals surface area contributed by atoms with E-state index in [0.717, 1.165) is 9.80 Å². The molecule has 0 bridgehead atoms. The van der Waals surface area contributed by atoms with Crippen molar-refractivity contribution in [3.8, 4) is 11.5 Å². The fourth-order valence-electron chi connectivity index (χ4n) is 2.29. The molecule has 1 atom stereocenters. The first-order valence-corrected chi connectivity index (χ1v) is 7.57. The first-order chi connectivity index (χ1) is 12.2. The number of barbiturate groups is 1. The van der Waals surface area contributed by atoms with Gasteiger partial charge in [-0.25, -0.2) is 9.59 Å². The summed E-state index contributed by atoms with van der Waals surface area (Å²) in [6, 6.07) is 3.95. The normalized spacial score (nSPS) is 15.8. The number of para-hydroxylation sites is 1. The minimum atomic E-state index is -1.19. The van der Waals surface area contributed by atoms with Crippen molar-refractivity contribution in [3.63, 3.8) is 0 Å². The summed E-state index contributed by atoms with van der Waals surface area (Å²) < 4.78 is 10.6.